The lowest BCUT2D eigenvalue weighted by atomic mass is 10.1. The molecule has 0 bridgehead atoms. The third kappa shape index (κ3) is 3.46. The summed E-state index contributed by atoms with van der Waals surface area (Å²) in [5.74, 6) is 2.09. The average Bonchev–Trinajstić information content (AvgIpc) is 3.32. The first-order chi connectivity index (χ1) is 12.7. The average molecular weight is 349 g/mol. The fourth-order valence-electron chi connectivity index (χ4n) is 3.52. The number of benzene rings is 1. The van der Waals surface area contributed by atoms with E-state index in [1.807, 2.05) is 25.3 Å². The Morgan fingerprint density at radius 2 is 2.04 bits per heavy atom. The Labute approximate surface area is 153 Å². The monoisotopic (exact) mass is 349 g/mol. The van der Waals surface area contributed by atoms with Crippen LogP contribution >= 0.6 is 0 Å². The molecule has 0 N–H and O–H groups in total. The van der Waals surface area contributed by atoms with E-state index in [0.29, 0.717) is 17.8 Å². The van der Waals surface area contributed by atoms with Crippen molar-refractivity contribution in [1.82, 2.24) is 20.0 Å². The van der Waals surface area contributed by atoms with Crippen molar-refractivity contribution < 1.29 is 4.52 Å². The highest BCUT2D eigenvalue weighted by Crippen LogP contribution is 2.30. The summed E-state index contributed by atoms with van der Waals surface area (Å²) in [6.45, 7) is 4.70. The van der Waals surface area contributed by atoms with Crippen LogP contribution in [-0.4, -0.2) is 46.2 Å². The van der Waals surface area contributed by atoms with Crippen LogP contribution in [0, 0.1) is 6.92 Å². The highest BCUT2D eigenvalue weighted by atomic mass is 16.5. The molecular formula is C20H23N5O. The Balaban J connectivity index is 1.49. The number of aromatic nitrogens is 3. The van der Waals surface area contributed by atoms with Crippen LogP contribution in [0.25, 0.3) is 11.5 Å². The molecule has 0 radical (unpaired) electrons. The van der Waals surface area contributed by atoms with Gasteiger partial charge in [0.2, 0.25) is 0 Å². The molecule has 0 amide bonds. The zero-order chi connectivity index (χ0) is 17.9. The quantitative estimate of drug-likeness (QED) is 0.705. The Morgan fingerprint density at radius 3 is 2.81 bits per heavy atom. The minimum absolute atomic E-state index is 0.495. The van der Waals surface area contributed by atoms with E-state index in [1.165, 1.54) is 5.56 Å². The van der Waals surface area contributed by atoms with Crippen LogP contribution in [0.3, 0.4) is 0 Å². The molecule has 6 heteroatoms. The van der Waals surface area contributed by atoms with Crippen molar-refractivity contribution >= 4 is 5.82 Å². The fourth-order valence-corrected chi connectivity index (χ4v) is 3.52. The number of aryl methyl sites for hydroxylation is 1. The van der Waals surface area contributed by atoms with E-state index >= 15 is 0 Å². The predicted molar refractivity (Wildman–Crippen MR) is 101 cm³/mol. The largest absolute Gasteiger partial charge is 0.354 e. The number of pyridine rings is 1. The molecule has 0 spiro atoms. The molecule has 134 valence electrons. The molecule has 1 atom stereocenters. The molecule has 3 aromatic rings. The summed E-state index contributed by atoms with van der Waals surface area (Å²) < 4.78 is 5.37. The molecule has 1 fully saturated rings. The Hall–Kier alpha value is -2.73. The van der Waals surface area contributed by atoms with Crippen LogP contribution < -0.4 is 4.90 Å². The SMILES string of the molecule is Cc1noc(-c2cccnc2N2CC[C@@H](N(C)Cc3ccccc3)C2)n1. The molecule has 2 aromatic heterocycles. The van der Waals surface area contributed by atoms with Gasteiger partial charge in [-0.25, -0.2) is 4.98 Å². The highest BCUT2D eigenvalue weighted by molar-refractivity contribution is 5.70. The molecule has 1 aliphatic heterocycles. The topological polar surface area (TPSA) is 58.3 Å². The number of likely N-dealkylation sites (N-methyl/N-ethyl adjacent to an activating group) is 1. The lowest BCUT2D eigenvalue weighted by molar-refractivity contribution is 0.250. The zero-order valence-electron chi connectivity index (χ0n) is 15.2. The first-order valence-corrected chi connectivity index (χ1v) is 8.95. The van der Waals surface area contributed by atoms with Crippen LogP contribution in [0.1, 0.15) is 17.8 Å². The second kappa shape index (κ2) is 7.25. The lowest BCUT2D eigenvalue weighted by Crippen LogP contribution is -2.34. The van der Waals surface area contributed by atoms with Gasteiger partial charge in [0, 0.05) is 31.9 Å². The molecule has 4 rings (SSSR count). The molecule has 1 saturated heterocycles. The van der Waals surface area contributed by atoms with Crippen LogP contribution in [0.15, 0.2) is 53.2 Å². The third-order valence-corrected chi connectivity index (χ3v) is 4.91. The second-order valence-corrected chi connectivity index (χ2v) is 6.81. The minimum atomic E-state index is 0.495. The van der Waals surface area contributed by atoms with E-state index < -0.39 is 0 Å². The fraction of sp³-hybridized carbons (Fsp3) is 0.350. The molecule has 0 aliphatic carbocycles. The van der Waals surface area contributed by atoms with Crippen LogP contribution in [0.5, 0.6) is 0 Å². The van der Waals surface area contributed by atoms with Gasteiger partial charge in [-0.3, -0.25) is 4.90 Å². The molecule has 0 saturated carbocycles. The smallest absolute Gasteiger partial charge is 0.261 e. The van der Waals surface area contributed by atoms with E-state index in [2.05, 4.69) is 62.3 Å². The van der Waals surface area contributed by atoms with Crippen LogP contribution in [-0.2, 0) is 6.54 Å². The molecule has 6 nitrogen and oxygen atoms in total. The Bertz CT molecular complexity index is 863. The van der Waals surface area contributed by atoms with Crippen molar-refractivity contribution in [2.45, 2.75) is 25.9 Å². The summed E-state index contributed by atoms with van der Waals surface area (Å²) in [5, 5.41) is 3.91. The van der Waals surface area contributed by atoms with E-state index in [9.17, 15) is 0 Å². The number of hydrogen-bond donors (Lipinski definition) is 0. The second-order valence-electron chi connectivity index (χ2n) is 6.81. The van der Waals surface area contributed by atoms with Crippen LogP contribution in [0.4, 0.5) is 5.82 Å². The van der Waals surface area contributed by atoms with Gasteiger partial charge in [0.25, 0.3) is 5.89 Å². The van der Waals surface area contributed by atoms with Crippen molar-refractivity contribution in [2.75, 3.05) is 25.0 Å². The van der Waals surface area contributed by atoms with Crippen LogP contribution in [0.2, 0.25) is 0 Å². The van der Waals surface area contributed by atoms with E-state index in [-0.39, 0.29) is 0 Å². The number of nitrogens with zero attached hydrogens (tertiary/aromatic N) is 5. The van der Waals surface area contributed by atoms with Gasteiger partial charge >= 0.3 is 0 Å². The number of hydrogen-bond acceptors (Lipinski definition) is 6. The van der Waals surface area contributed by atoms with Crippen molar-refractivity contribution in [3.05, 3.63) is 60.0 Å². The van der Waals surface area contributed by atoms with Gasteiger partial charge < -0.3 is 9.42 Å². The van der Waals surface area contributed by atoms with Gasteiger partial charge in [0.05, 0.1) is 5.56 Å². The van der Waals surface area contributed by atoms with Crippen molar-refractivity contribution in [1.29, 1.82) is 0 Å². The summed E-state index contributed by atoms with van der Waals surface area (Å²) in [7, 11) is 2.20. The first-order valence-electron chi connectivity index (χ1n) is 8.95. The molecule has 1 aromatic carbocycles. The molecular weight excluding hydrogens is 326 g/mol. The Kier molecular flexibility index (Phi) is 4.67. The standard InChI is InChI=1S/C20H23N5O/c1-15-22-20(26-23-15)18-9-6-11-21-19(18)25-12-10-17(14-25)24(2)13-16-7-4-3-5-8-16/h3-9,11,17H,10,12-14H2,1-2H3/t17-/m1/s1. The first kappa shape index (κ1) is 16.7. The molecule has 26 heavy (non-hydrogen) atoms. The maximum absolute atomic E-state index is 5.37. The Morgan fingerprint density at radius 1 is 1.19 bits per heavy atom. The van der Waals surface area contributed by atoms with E-state index in [0.717, 1.165) is 37.4 Å². The van der Waals surface area contributed by atoms with Crippen molar-refractivity contribution in [3.8, 4) is 11.5 Å². The van der Waals surface area contributed by atoms with Crippen molar-refractivity contribution in [3.63, 3.8) is 0 Å². The van der Waals surface area contributed by atoms with E-state index in [1.54, 1.807) is 0 Å². The molecule has 0 unspecified atom stereocenters. The van der Waals surface area contributed by atoms with Gasteiger partial charge in [-0.1, -0.05) is 35.5 Å². The normalized spacial score (nSPS) is 17.2. The lowest BCUT2D eigenvalue weighted by Gasteiger charge is -2.25. The molecule has 1 aliphatic rings. The number of anilines is 1. The van der Waals surface area contributed by atoms with Gasteiger partial charge in [-0.15, -0.1) is 0 Å². The summed E-state index contributed by atoms with van der Waals surface area (Å²) in [6.07, 6.45) is 2.94. The number of rotatable bonds is 5. The van der Waals surface area contributed by atoms with Gasteiger partial charge in [0.1, 0.15) is 5.82 Å². The summed E-state index contributed by atoms with van der Waals surface area (Å²) >= 11 is 0. The predicted octanol–water partition coefficient (Wildman–Crippen LogP) is 3.15. The van der Waals surface area contributed by atoms with Gasteiger partial charge in [-0.05, 0) is 38.1 Å². The van der Waals surface area contributed by atoms with E-state index in [4.69, 9.17) is 4.52 Å². The molecule has 3 heterocycles. The third-order valence-electron chi connectivity index (χ3n) is 4.91. The summed E-state index contributed by atoms with van der Waals surface area (Å²) in [6, 6.07) is 15.0. The maximum Gasteiger partial charge on any atom is 0.261 e. The summed E-state index contributed by atoms with van der Waals surface area (Å²) in [4.78, 5) is 13.7. The zero-order valence-corrected chi connectivity index (χ0v) is 15.2. The summed E-state index contributed by atoms with van der Waals surface area (Å²) in [5.41, 5.74) is 2.24. The van der Waals surface area contributed by atoms with Crippen molar-refractivity contribution in [2.24, 2.45) is 0 Å². The maximum atomic E-state index is 5.37. The highest BCUT2D eigenvalue weighted by Gasteiger charge is 2.29. The van der Waals surface area contributed by atoms with Gasteiger partial charge in [0.15, 0.2) is 5.82 Å². The van der Waals surface area contributed by atoms with Gasteiger partial charge in [-0.2, -0.15) is 4.98 Å². The minimum Gasteiger partial charge on any atom is -0.354 e.